The van der Waals surface area contributed by atoms with Crippen LogP contribution in [0.1, 0.15) is 18.9 Å². The van der Waals surface area contributed by atoms with Gasteiger partial charge in [-0.25, -0.2) is 9.38 Å². The monoisotopic (exact) mass is 517 g/mol. The Bertz CT molecular complexity index is 492. The molecule has 0 aromatic heterocycles. The van der Waals surface area contributed by atoms with Gasteiger partial charge in [-0.15, -0.1) is 24.0 Å². The molecular formula is C16H26BrFIN3O2. The van der Waals surface area contributed by atoms with Gasteiger partial charge in [-0.2, -0.15) is 0 Å². The first-order valence-corrected chi connectivity index (χ1v) is 8.49. The molecule has 2 N–H and O–H groups in total. The molecule has 0 saturated heterocycles. The molecule has 0 aliphatic rings. The summed E-state index contributed by atoms with van der Waals surface area (Å²) in [5, 5.41) is 6.40. The second-order valence-electron chi connectivity index (χ2n) is 4.82. The lowest BCUT2D eigenvalue weighted by Gasteiger charge is -2.12. The van der Waals surface area contributed by atoms with Crippen molar-refractivity contribution in [2.45, 2.75) is 19.9 Å². The number of ether oxygens (including phenoxy) is 2. The van der Waals surface area contributed by atoms with E-state index < -0.39 is 0 Å². The van der Waals surface area contributed by atoms with Crippen LogP contribution in [0.5, 0.6) is 0 Å². The van der Waals surface area contributed by atoms with E-state index in [1.165, 1.54) is 12.1 Å². The SMILES string of the molecule is CCNC(=NCc1cc(F)ccc1Br)NCCCOCCOC.I. The molecule has 0 spiro atoms. The third-order valence-corrected chi connectivity index (χ3v) is 3.72. The summed E-state index contributed by atoms with van der Waals surface area (Å²) in [4.78, 5) is 4.47. The van der Waals surface area contributed by atoms with Crippen LogP contribution in [-0.2, 0) is 16.0 Å². The highest BCUT2D eigenvalue weighted by atomic mass is 127. The summed E-state index contributed by atoms with van der Waals surface area (Å²) in [6.45, 7) is 5.81. The van der Waals surface area contributed by atoms with Crippen molar-refractivity contribution in [2.75, 3.05) is 40.0 Å². The second-order valence-corrected chi connectivity index (χ2v) is 5.67. The number of nitrogens with zero attached hydrogens (tertiary/aromatic N) is 1. The molecule has 0 radical (unpaired) electrons. The van der Waals surface area contributed by atoms with Gasteiger partial charge in [0, 0.05) is 31.3 Å². The van der Waals surface area contributed by atoms with Crippen LogP contribution in [0.25, 0.3) is 0 Å². The lowest BCUT2D eigenvalue weighted by molar-refractivity contribution is 0.0698. The number of halogens is 3. The Kier molecular flexibility index (Phi) is 14.6. The Balaban J connectivity index is 0.00000529. The summed E-state index contributed by atoms with van der Waals surface area (Å²) in [5.41, 5.74) is 0.810. The van der Waals surface area contributed by atoms with Crippen molar-refractivity contribution in [3.63, 3.8) is 0 Å². The molecule has 1 aromatic carbocycles. The molecule has 1 aromatic rings. The number of benzene rings is 1. The normalized spacial score (nSPS) is 11.1. The highest BCUT2D eigenvalue weighted by Crippen LogP contribution is 2.18. The van der Waals surface area contributed by atoms with E-state index in [0.717, 1.165) is 29.5 Å². The van der Waals surface area contributed by atoms with Crippen LogP contribution in [-0.4, -0.2) is 46.0 Å². The van der Waals surface area contributed by atoms with E-state index in [1.807, 2.05) is 6.92 Å². The summed E-state index contributed by atoms with van der Waals surface area (Å²) >= 11 is 3.41. The summed E-state index contributed by atoms with van der Waals surface area (Å²) in [6, 6.07) is 4.60. The van der Waals surface area contributed by atoms with E-state index in [2.05, 4.69) is 31.6 Å². The van der Waals surface area contributed by atoms with Gasteiger partial charge in [0.15, 0.2) is 5.96 Å². The van der Waals surface area contributed by atoms with Gasteiger partial charge < -0.3 is 20.1 Å². The van der Waals surface area contributed by atoms with Crippen molar-refractivity contribution in [3.8, 4) is 0 Å². The summed E-state index contributed by atoms with van der Waals surface area (Å²) in [6.07, 6.45) is 0.873. The molecule has 1 rings (SSSR count). The number of aliphatic imine (C=N–C) groups is 1. The van der Waals surface area contributed by atoms with E-state index in [9.17, 15) is 4.39 Å². The van der Waals surface area contributed by atoms with Crippen LogP contribution in [0.15, 0.2) is 27.7 Å². The number of nitrogens with one attached hydrogen (secondary N) is 2. The summed E-state index contributed by atoms with van der Waals surface area (Å²) < 4.78 is 24.4. The first kappa shape index (κ1) is 23.5. The van der Waals surface area contributed by atoms with Crippen LogP contribution in [0.2, 0.25) is 0 Å². The average Bonchev–Trinajstić information content (AvgIpc) is 2.54. The van der Waals surface area contributed by atoms with Crippen molar-refractivity contribution < 1.29 is 13.9 Å². The summed E-state index contributed by atoms with van der Waals surface area (Å²) in [7, 11) is 1.65. The number of guanidine groups is 1. The predicted octanol–water partition coefficient (Wildman–Crippen LogP) is 3.31. The maximum atomic E-state index is 13.3. The Morgan fingerprint density at radius 2 is 2.04 bits per heavy atom. The Morgan fingerprint density at radius 1 is 1.25 bits per heavy atom. The van der Waals surface area contributed by atoms with Gasteiger partial charge >= 0.3 is 0 Å². The Hall–Kier alpha value is -0.450. The predicted molar refractivity (Wildman–Crippen MR) is 110 cm³/mol. The van der Waals surface area contributed by atoms with Crippen molar-refractivity contribution in [1.82, 2.24) is 10.6 Å². The Morgan fingerprint density at radius 3 is 2.75 bits per heavy atom. The fourth-order valence-corrected chi connectivity index (χ4v) is 2.17. The quantitative estimate of drug-likeness (QED) is 0.216. The van der Waals surface area contributed by atoms with Gasteiger partial charge in [0.05, 0.1) is 19.8 Å². The smallest absolute Gasteiger partial charge is 0.191 e. The van der Waals surface area contributed by atoms with Crippen LogP contribution < -0.4 is 10.6 Å². The fraction of sp³-hybridized carbons (Fsp3) is 0.562. The Labute approximate surface area is 168 Å². The van der Waals surface area contributed by atoms with E-state index in [4.69, 9.17) is 9.47 Å². The maximum Gasteiger partial charge on any atom is 0.191 e. The molecule has 24 heavy (non-hydrogen) atoms. The number of hydrogen-bond donors (Lipinski definition) is 2. The zero-order valence-electron chi connectivity index (χ0n) is 14.1. The lowest BCUT2D eigenvalue weighted by atomic mass is 10.2. The van der Waals surface area contributed by atoms with Gasteiger partial charge in [-0.1, -0.05) is 15.9 Å². The molecule has 0 saturated carbocycles. The molecule has 0 aliphatic carbocycles. The van der Waals surface area contributed by atoms with E-state index >= 15 is 0 Å². The van der Waals surface area contributed by atoms with Gasteiger partial charge in [0.2, 0.25) is 0 Å². The van der Waals surface area contributed by atoms with Gasteiger partial charge in [0.25, 0.3) is 0 Å². The third-order valence-electron chi connectivity index (χ3n) is 2.95. The maximum absolute atomic E-state index is 13.3. The third kappa shape index (κ3) is 10.4. The molecule has 0 amide bonds. The molecule has 138 valence electrons. The average molecular weight is 518 g/mol. The largest absolute Gasteiger partial charge is 0.382 e. The second kappa shape index (κ2) is 14.9. The zero-order chi connectivity index (χ0) is 16.9. The van der Waals surface area contributed by atoms with Crippen LogP contribution in [0, 0.1) is 5.82 Å². The van der Waals surface area contributed by atoms with Gasteiger partial charge in [-0.3, -0.25) is 0 Å². The molecule has 0 aliphatic heterocycles. The van der Waals surface area contributed by atoms with Gasteiger partial charge in [0.1, 0.15) is 5.82 Å². The number of hydrogen-bond acceptors (Lipinski definition) is 3. The van der Waals surface area contributed by atoms with Crippen molar-refractivity contribution in [2.24, 2.45) is 4.99 Å². The molecule has 8 heteroatoms. The van der Waals surface area contributed by atoms with Crippen LogP contribution in [0.4, 0.5) is 4.39 Å². The van der Waals surface area contributed by atoms with Gasteiger partial charge in [-0.05, 0) is 37.1 Å². The molecule has 0 atom stereocenters. The van der Waals surface area contributed by atoms with Crippen molar-refractivity contribution in [3.05, 3.63) is 34.1 Å². The van der Waals surface area contributed by atoms with E-state index in [0.29, 0.717) is 32.3 Å². The molecular weight excluding hydrogens is 492 g/mol. The molecule has 0 heterocycles. The highest BCUT2D eigenvalue weighted by Gasteiger charge is 2.02. The first-order valence-electron chi connectivity index (χ1n) is 7.70. The van der Waals surface area contributed by atoms with Crippen molar-refractivity contribution in [1.29, 1.82) is 0 Å². The zero-order valence-corrected chi connectivity index (χ0v) is 18.0. The van der Waals surface area contributed by atoms with E-state index in [1.54, 1.807) is 13.2 Å². The summed E-state index contributed by atoms with van der Waals surface area (Å²) in [5.74, 6) is 0.449. The molecule has 0 fully saturated rings. The van der Waals surface area contributed by atoms with Crippen LogP contribution >= 0.6 is 39.9 Å². The number of methoxy groups -OCH3 is 1. The fourth-order valence-electron chi connectivity index (χ4n) is 1.80. The minimum Gasteiger partial charge on any atom is -0.382 e. The first-order chi connectivity index (χ1) is 11.2. The lowest BCUT2D eigenvalue weighted by Crippen LogP contribution is -2.38. The molecule has 0 unspecified atom stereocenters. The minimum atomic E-state index is -0.260. The number of rotatable bonds is 10. The van der Waals surface area contributed by atoms with E-state index in [-0.39, 0.29) is 29.8 Å². The highest BCUT2D eigenvalue weighted by molar-refractivity contribution is 14.0. The molecule has 0 bridgehead atoms. The standard InChI is InChI=1S/C16H25BrFN3O2.HI/c1-3-19-16(20-7-4-8-23-10-9-22-2)21-12-13-11-14(18)5-6-15(13)17;/h5-6,11H,3-4,7-10,12H2,1-2H3,(H2,19,20,21);1H. The topological polar surface area (TPSA) is 54.9 Å². The van der Waals surface area contributed by atoms with Crippen molar-refractivity contribution >= 4 is 45.9 Å². The minimum absolute atomic E-state index is 0. The molecule has 5 nitrogen and oxygen atoms in total. The van der Waals surface area contributed by atoms with Crippen LogP contribution in [0.3, 0.4) is 0 Å².